The number of hydrogen-bond donors (Lipinski definition) is 0. The molecule has 13 heteroatoms. The van der Waals surface area contributed by atoms with Crippen molar-refractivity contribution in [2.45, 2.75) is 113 Å². The zero-order valence-corrected chi connectivity index (χ0v) is 40.2. The topological polar surface area (TPSA) is 133 Å². The largest absolute Gasteiger partial charge is 0.339 e. The van der Waals surface area contributed by atoms with Gasteiger partial charge in [-0.05, 0) is 147 Å². The third-order valence-electron chi connectivity index (χ3n) is 14.3. The van der Waals surface area contributed by atoms with Crippen LogP contribution in [-0.2, 0) is 9.59 Å². The maximum Gasteiger partial charge on any atom is 0.291 e. The summed E-state index contributed by atoms with van der Waals surface area (Å²) in [5.74, 6) is -0.235. The minimum absolute atomic E-state index is 0.0152. The molecule has 0 aromatic heterocycles. The van der Waals surface area contributed by atoms with E-state index in [4.69, 9.17) is 0 Å². The van der Waals surface area contributed by atoms with Crippen LogP contribution in [0.5, 0.6) is 0 Å². The van der Waals surface area contributed by atoms with Crippen molar-refractivity contribution in [3.63, 3.8) is 0 Å². The Labute approximate surface area is 399 Å². The molecule has 0 saturated carbocycles. The Bertz CT molecular complexity index is 2350. The van der Waals surface area contributed by atoms with E-state index in [1.54, 1.807) is 36.4 Å². The fraction of sp³-hybridized carbons (Fsp3) is 0.444. The van der Waals surface area contributed by atoms with E-state index in [0.717, 1.165) is 74.8 Å². The highest BCUT2D eigenvalue weighted by Crippen LogP contribution is 2.50. The van der Waals surface area contributed by atoms with Gasteiger partial charge in [0, 0.05) is 50.4 Å². The van der Waals surface area contributed by atoms with Crippen molar-refractivity contribution in [3.8, 4) is 22.3 Å². The summed E-state index contributed by atoms with van der Waals surface area (Å²) < 4.78 is 0. The number of carbonyl (C=O) groups is 2. The number of carbonyl (C=O) groups excluding carboxylic acids is 2. The molecular weight excluding hydrogens is 861 g/mol. The number of hydrogen-bond acceptors (Lipinski definition) is 9. The minimum Gasteiger partial charge on any atom is -0.339 e. The van der Waals surface area contributed by atoms with Gasteiger partial charge in [-0.15, -0.1) is 0 Å². The van der Waals surface area contributed by atoms with Gasteiger partial charge in [0.1, 0.15) is 0 Å². The van der Waals surface area contributed by atoms with Crippen LogP contribution in [0.4, 0.5) is 11.4 Å². The first-order valence-corrected chi connectivity index (χ1v) is 25.1. The highest BCUT2D eigenvalue weighted by Gasteiger charge is 2.33. The molecule has 2 amide bonds. The SMILES string of the molecule is CC(C)c1ccccc1-c1c(C=CC(=O)N2CCC(N3CCCC3)CC2)ccc(Sc2ccc(C=CC(=O)N3CCC(N4CCCC4)CC3)c(-c3ccccc3C(C)C)c2[N+](=O)[O-])c1[N+](=O)[O-]. The smallest absolute Gasteiger partial charge is 0.291 e. The first-order valence-electron chi connectivity index (χ1n) is 24.3. The molecule has 4 aliphatic heterocycles. The summed E-state index contributed by atoms with van der Waals surface area (Å²) in [5, 5.41) is 27.0. The highest BCUT2D eigenvalue weighted by atomic mass is 32.2. The Kier molecular flexibility index (Phi) is 15.4. The molecule has 4 heterocycles. The van der Waals surface area contributed by atoms with Crippen LogP contribution >= 0.6 is 11.8 Å². The maximum atomic E-state index is 13.7. The van der Waals surface area contributed by atoms with Crippen LogP contribution in [0.15, 0.2) is 94.7 Å². The van der Waals surface area contributed by atoms with Crippen molar-refractivity contribution in [2.24, 2.45) is 0 Å². The second-order valence-corrected chi connectivity index (χ2v) is 20.2. The van der Waals surface area contributed by atoms with E-state index in [0.29, 0.717) is 71.6 Å². The predicted molar refractivity (Wildman–Crippen MR) is 268 cm³/mol. The number of rotatable bonds is 14. The molecule has 0 unspecified atom stereocenters. The van der Waals surface area contributed by atoms with E-state index >= 15 is 0 Å². The third-order valence-corrected chi connectivity index (χ3v) is 15.4. The van der Waals surface area contributed by atoms with Gasteiger partial charge in [0.15, 0.2) is 0 Å². The molecule has 0 radical (unpaired) electrons. The molecule has 352 valence electrons. The molecule has 0 aliphatic carbocycles. The molecule has 4 aliphatic rings. The standard InChI is InChI=1S/C54H64N6O6S/c1-37(2)43-13-5-7-15-45(43)51-39(19-23-49(61)57-33-25-41(26-34-57)55-29-9-10-30-55)17-21-47(53(51)59(63)64)67-48-22-18-40(52(54(48)60(65)66)46-16-8-6-14-44(46)38(3)4)20-24-50(62)58-35-27-42(28-36-58)56-31-11-12-32-56/h5-8,13-24,37-38,41-42H,9-12,25-36H2,1-4H3. The predicted octanol–water partition coefficient (Wildman–Crippen LogP) is 11.4. The second kappa shape index (κ2) is 21.5. The van der Waals surface area contributed by atoms with Crippen LogP contribution in [0.25, 0.3) is 34.4 Å². The molecule has 4 aromatic rings. The monoisotopic (exact) mass is 924 g/mol. The van der Waals surface area contributed by atoms with Crippen molar-refractivity contribution in [3.05, 3.63) is 127 Å². The van der Waals surface area contributed by atoms with Gasteiger partial charge < -0.3 is 19.6 Å². The number of nitro benzene ring substituents is 2. The van der Waals surface area contributed by atoms with Crippen molar-refractivity contribution in [1.82, 2.24) is 19.6 Å². The maximum absolute atomic E-state index is 13.7. The van der Waals surface area contributed by atoms with Gasteiger partial charge in [-0.3, -0.25) is 29.8 Å². The Morgan fingerprint density at radius 3 is 1.25 bits per heavy atom. The van der Waals surface area contributed by atoms with E-state index in [1.807, 2.05) is 86.0 Å². The van der Waals surface area contributed by atoms with Gasteiger partial charge in [0.2, 0.25) is 11.8 Å². The summed E-state index contributed by atoms with van der Waals surface area (Å²) in [6.45, 7) is 15.3. The molecule has 4 saturated heterocycles. The average Bonchev–Trinajstić information content (AvgIpc) is 4.09. The minimum atomic E-state index is -0.408. The first kappa shape index (κ1) is 47.8. The van der Waals surface area contributed by atoms with Crippen molar-refractivity contribution < 1.29 is 19.4 Å². The Morgan fingerprint density at radius 2 is 0.910 bits per heavy atom. The fourth-order valence-corrected chi connectivity index (χ4v) is 11.8. The van der Waals surface area contributed by atoms with Crippen LogP contribution in [0.1, 0.15) is 113 Å². The number of amides is 2. The Hall–Kier alpha value is -5.63. The lowest BCUT2D eigenvalue weighted by molar-refractivity contribution is -0.387. The van der Waals surface area contributed by atoms with Crippen LogP contribution in [-0.4, -0.2) is 106 Å². The molecule has 0 atom stereocenters. The van der Waals surface area contributed by atoms with Crippen LogP contribution in [0.3, 0.4) is 0 Å². The summed E-state index contributed by atoms with van der Waals surface area (Å²) in [5.41, 5.74) is 4.47. The van der Waals surface area contributed by atoms with E-state index in [2.05, 4.69) is 9.80 Å². The lowest BCUT2D eigenvalue weighted by Gasteiger charge is -2.36. The second-order valence-electron chi connectivity index (χ2n) is 19.1. The van der Waals surface area contributed by atoms with E-state index in [9.17, 15) is 29.8 Å². The van der Waals surface area contributed by atoms with E-state index in [1.165, 1.54) is 37.8 Å². The van der Waals surface area contributed by atoms with Gasteiger partial charge in [0.05, 0.1) is 30.8 Å². The van der Waals surface area contributed by atoms with E-state index in [-0.39, 0.29) is 44.8 Å². The normalized spacial score (nSPS) is 18.1. The van der Waals surface area contributed by atoms with Gasteiger partial charge >= 0.3 is 0 Å². The van der Waals surface area contributed by atoms with Crippen LogP contribution in [0, 0.1) is 20.2 Å². The van der Waals surface area contributed by atoms with Crippen molar-refractivity contribution in [2.75, 3.05) is 52.4 Å². The Morgan fingerprint density at radius 1 is 0.552 bits per heavy atom. The van der Waals surface area contributed by atoms with Crippen LogP contribution < -0.4 is 0 Å². The number of nitro groups is 2. The molecular formula is C54H64N6O6S. The quantitative estimate of drug-likeness (QED) is 0.0688. The molecule has 0 bridgehead atoms. The zero-order valence-electron chi connectivity index (χ0n) is 39.4. The molecule has 67 heavy (non-hydrogen) atoms. The average molecular weight is 925 g/mol. The van der Waals surface area contributed by atoms with Gasteiger partial charge in [-0.25, -0.2) is 0 Å². The number of likely N-dealkylation sites (tertiary alicyclic amines) is 4. The number of piperidine rings is 2. The number of nitrogens with zero attached hydrogens (tertiary/aromatic N) is 6. The lowest BCUT2D eigenvalue weighted by Crippen LogP contribution is -2.45. The molecule has 8 rings (SSSR count). The fourth-order valence-electron chi connectivity index (χ4n) is 10.8. The molecule has 4 fully saturated rings. The molecule has 0 N–H and O–H groups in total. The summed E-state index contributed by atoms with van der Waals surface area (Å²) in [4.78, 5) is 62.9. The van der Waals surface area contributed by atoms with Crippen molar-refractivity contribution in [1.29, 1.82) is 0 Å². The molecule has 0 spiro atoms. The summed E-state index contributed by atoms with van der Waals surface area (Å²) in [7, 11) is 0. The highest BCUT2D eigenvalue weighted by molar-refractivity contribution is 7.99. The third kappa shape index (κ3) is 10.7. The summed E-state index contributed by atoms with van der Waals surface area (Å²) in [6, 6.07) is 23.0. The van der Waals surface area contributed by atoms with Crippen molar-refractivity contribution >= 4 is 47.1 Å². The Balaban J connectivity index is 1.17. The summed E-state index contributed by atoms with van der Waals surface area (Å²) in [6.07, 6.45) is 15.0. The van der Waals surface area contributed by atoms with E-state index < -0.39 is 9.85 Å². The van der Waals surface area contributed by atoms with Gasteiger partial charge in [-0.2, -0.15) is 0 Å². The molecule has 12 nitrogen and oxygen atoms in total. The molecule has 4 aromatic carbocycles. The van der Waals surface area contributed by atoms with Gasteiger partial charge in [0.25, 0.3) is 11.4 Å². The zero-order chi connectivity index (χ0) is 47.2. The number of benzene rings is 4. The van der Waals surface area contributed by atoms with Gasteiger partial charge in [-0.1, -0.05) is 100 Å². The first-order chi connectivity index (χ1) is 32.4. The van der Waals surface area contributed by atoms with Crippen LogP contribution in [0.2, 0.25) is 0 Å². The lowest BCUT2D eigenvalue weighted by atomic mass is 9.89. The summed E-state index contributed by atoms with van der Waals surface area (Å²) >= 11 is 0.987.